The Morgan fingerprint density at radius 2 is 1.03 bits per heavy atom. The molecule has 0 spiro atoms. The van der Waals surface area contributed by atoms with Crippen molar-refractivity contribution in [2.75, 3.05) is 0 Å². The standard InChI is InChI=1S/C34H22N4/c1-3-9-25(10-4-1)37-31-18-16-24(22-29(31)33-32(37)14-8-19-35-33)23-15-17-30-28(21-23)27-13-7-20-36-34(27)38(30)26-11-5-2-6-12-26/h1-22H. The molecule has 0 aliphatic heterocycles. The molecule has 0 saturated heterocycles. The van der Waals surface area contributed by atoms with Crippen molar-refractivity contribution in [1.82, 2.24) is 19.1 Å². The van der Waals surface area contributed by atoms with Crippen LogP contribution in [-0.2, 0) is 0 Å². The fourth-order valence-corrected chi connectivity index (χ4v) is 5.73. The number of pyridine rings is 2. The van der Waals surface area contributed by atoms with Gasteiger partial charge in [0.15, 0.2) is 0 Å². The lowest BCUT2D eigenvalue weighted by atomic mass is 10.0. The van der Waals surface area contributed by atoms with Crippen molar-refractivity contribution in [2.45, 2.75) is 0 Å². The Kier molecular flexibility index (Phi) is 4.49. The summed E-state index contributed by atoms with van der Waals surface area (Å²) in [6, 6.07) is 42.7. The first-order valence-electron chi connectivity index (χ1n) is 12.8. The molecule has 0 aliphatic carbocycles. The van der Waals surface area contributed by atoms with Gasteiger partial charge in [0.1, 0.15) is 5.65 Å². The molecule has 178 valence electrons. The van der Waals surface area contributed by atoms with Gasteiger partial charge in [0.25, 0.3) is 0 Å². The van der Waals surface area contributed by atoms with Crippen LogP contribution < -0.4 is 0 Å². The van der Waals surface area contributed by atoms with Crippen molar-refractivity contribution in [3.8, 4) is 22.5 Å². The molecule has 0 unspecified atom stereocenters. The number of hydrogen-bond acceptors (Lipinski definition) is 2. The fourth-order valence-electron chi connectivity index (χ4n) is 5.73. The summed E-state index contributed by atoms with van der Waals surface area (Å²) >= 11 is 0. The van der Waals surface area contributed by atoms with Gasteiger partial charge >= 0.3 is 0 Å². The molecule has 0 saturated carbocycles. The Labute approximate surface area is 219 Å². The topological polar surface area (TPSA) is 35.6 Å². The Morgan fingerprint density at radius 1 is 0.421 bits per heavy atom. The average Bonchev–Trinajstić information content (AvgIpc) is 3.50. The summed E-state index contributed by atoms with van der Waals surface area (Å²) in [6.07, 6.45) is 3.74. The normalized spacial score (nSPS) is 11.7. The molecule has 0 aliphatic rings. The van der Waals surface area contributed by atoms with Crippen molar-refractivity contribution in [3.05, 3.63) is 134 Å². The van der Waals surface area contributed by atoms with Gasteiger partial charge in [0.2, 0.25) is 0 Å². The number of fused-ring (bicyclic) bond motifs is 6. The van der Waals surface area contributed by atoms with Crippen LogP contribution in [0.2, 0.25) is 0 Å². The van der Waals surface area contributed by atoms with Gasteiger partial charge in [-0.25, -0.2) is 4.98 Å². The molecule has 0 radical (unpaired) electrons. The van der Waals surface area contributed by atoms with E-state index in [-0.39, 0.29) is 0 Å². The minimum atomic E-state index is 0.969. The van der Waals surface area contributed by atoms with Crippen molar-refractivity contribution in [2.24, 2.45) is 0 Å². The predicted molar refractivity (Wildman–Crippen MR) is 156 cm³/mol. The van der Waals surface area contributed by atoms with Gasteiger partial charge < -0.3 is 4.57 Å². The zero-order chi connectivity index (χ0) is 25.1. The largest absolute Gasteiger partial charge is 0.308 e. The van der Waals surface area contributed by atoms with Gasteiger partial charge in [0.05, 0.1) is 22.1 Å². The first-order chi connectivity index (χ1) is 18.9. The van der Waals surface area contributed by atoms with Crippen molar-refractivity contribution in [1.29, 1.82) is 0 Å². The van der Waals surface area contributed by atoms with E-state index in [1.165, 1.54) is 16.5 Å². The van der Waals surface area contributed by atoms with Crippen LogP contribution in [0.1, 0.15) is 0 Å². The first-order valence-corrected chi connectivity index (χ1v) is 12.8. The minimum absolute atomic E-state index is 0.969. The van der Waals surface area contributed by atoms with E-state index in [1.54, 1.807) is 0 Å². The lowest BCUT2D eigenvalue weighted by molar-refractivity contribution is 1.14. The summed E-state index contributed by atoms with van der Waals surface area (Å²) in [6.45, 7) is 0. The number of para-hydroxylation sites is 2. The number of nitrogens with zero attached hydrogens (tertiary/aromatic N) is 4. The second kappa shape index (κ2) is 8.15. The number of aromatic nitrogens is 4. The van der Waals surface area contributed by atoms with E-state index in [1.807, 2.05) is 36.7 Å². The van der Waals surface area contributed by atoms with Gasteiger partial charge in [-0.3, -0.25) is 9.55 Å². The zero-order valence-corrected chi connectivity index (χ0v) is 20.5. The van der Waals surface area contributed by atoms with Crippen LogP contribution in [0.5, 0.6) is 0 Å². The van der Waals surface area contributed by atoms with E-state index in [0.29, 0.717) is 0 Å². The van der Waals surface area contributed by atoms with Gasteiger partial charge in [-0.2, -0.15) is 0 Å². The molecule has 4 aromatic heterocycles. The van der Waals surface area contributed by atoms with Crippen LogP contribution in [0.15, 0.2) is 134 Å². The summed E-state index contributed by atoms with van der Waals surface area (Å²) in [7, 11) is 0. The smallest absolute Gasteiger partial charge is 0.145 e. The number of benzene rings is 4. The van der Waals surface area contributed by atoms with Crippen molar-refractivity contribution >= 4 is 43.9 Å². The van der Waals surface area contributed by atoms with E-state index in [2.05, 4.69) is 106 Å². The van der Waals surface area contributed by atoms with E-state index in [4.69, 9.17) is 9.97 Å². The lowest BCUT2D eigenvalue weighted by Crippen LogP contribution is -1.94. The van der Waals surface area contributed by atoms with E-state index in [9.17, 15) is 0 Å². The molecule has 0 atom stereocenters. The summed E-state index contributed by atoms with van der Waals surface area (Å²) in [5.74, 6) is 0. The van der Waals surface area contributed by atoms with Crippen LogP contribution in [0.4, 0.5) is 0 Å². The number of rotatable bonds is 3. The molecular formula is C34H22N4. The quantitative estimate of drug-likeness (QED) is 0.252. The molecule has 8 rings (SSSR count). The summed E-state index contributed by atoms with van der Waals surface area (Å²) in [4.78, 5) is 9.54. The highest BCUT2D eigenvalue weighted by molar-refractivity contribution is 6.11. The molecule has 0 N–H and O–H groups in total. The molecule has 0 bridgehead atoms. The van der Waals surface area contributed by atoms with Gasteiger partial charge in [-0.1, -0.05) is 48.5 Å². The zero-order valence-electron chi connectivity index (χ0n) is 20.5. The fraction of sp³-hybridized carbons (Fsp3) is 0. The Hall–Kier alpha value is -5.22. The van der Waals surface area contributed by atoms with Crippen LogP contribution in [0, 0.1) is 0 Å². The van der Waals surface area contributed by atoms with Gasteiger partial charge in [0, 0.05) is 39.9 Å². The van der Waals surface area contributed by atoms with Crippen molar-refractivity contribution in [3.63, 3.8) is 0 Å². The lowest BCUT2D eigenvalue weighted by Gasteiger charge is -2.09. The second-order valence-electron chi connectivity index (χ2n) is 9.55. The molecule has 4 heteroatoms. The molecule has 0 fully saturated rings. The highest BCUT2D eigenvalue weighted by atomic mass is 15.0. The summed E-state index contributed by atoms with van der Waals surface area (Å²) in [5.41, 5.74) is 9.98. The van der Waals surface area contributed by atoms with E-state index < -0.39 is 0 Å². The maximum absolute atomic E-state index is 4.79. The Morgan fingerprint density at radius 3 is 1.76 bits per heavy atom. The highest BCUT2D eigenvalue weighted by Crippen LogP contribution is 2.37. The van der Waals surface area contributed by atoms with E-state index in [0.717, 1.165) is 49.9 Å². The van der Waals surface area contributed by atoms with E-state index >= 15 is 0 Å². The molecule has 4 heterocycles. The molecule has 0 amide bonds. The monoisotopic (exact) mass is 486 g/mol. The van der Waals surface area contributed by atoms with Crippen LogP contribution in [0.3, 0.4) is 0 Å². The minimum Gasteiger partial charge on any atom is -0.308 e. The molecular weight excluding hydrogens is 464 g/mol. The predicted octanol–water partition coefficient (Wildman–Crippen LogP) is 8.34. The van der Waals surface area contributed by atoms with Crippen LogP contribution in [-0.4, -0.2) is 19.1 Å². The van der Waals surface area contributed by atoms with Crippen molar-refractivity contribution < 1.29 is 0 Å². The van der Waals surface area contributed by atoms with Crippen LogP contribution >= 0.6 is 0 Å². The molecule has 38 heavy (non-hydrogen) atoms. The molecule has 4 nitrogen and oxygen atoms in total. The summed E-state index contributed by atoms with van der Waals surface area (Å²) < 4.78 is 4.54. The molecule has 8 aromatic rings. The third kappa shape index (κ3) is 3.04. The second-order valence-corrected chi connectivity index (χ2v) is 9.55. The van der Waals surface area contributed by atoms with Gasteiger partial charge in [-0.15, -0.1) is 0 Å². The number of hydrogen-bond donors (Lipinski definition) is 0. The third-order valence-electron chi connectivity index (χ3n) is 7.41. The SMILES string of the molecule is c1ccc(-n2c3ccc(-c4ccc5c(c4)c4cccnc4n5-c4ccccc4)cc3c3ncccc32)cc1. The first kappa shape index (κ1) is 20.9. The Bertz CT molecular complexity index is 1960. The average molecular weight is 487 g/mol. The van der Waals surface area contributed by atoms with Crippen LogP contribution in [0.25, 0.3) is 66.4 Å². The Balaban J connectivity index is 1.36. The molecule has 4 aromatic carbocycles. The third-order valence-corrected chi connectivity index (χ3v) is 7.41. The maximum atomic E-state index is 4.79. The van der Waals surface area contributed by atoms with Gasteiger partial charge in [-0.05, 0) is 83.9 Å². The highest BCUT2D eigenvalue weighted by Gasteiger charge is 2.16. The summed E-state index contributed by atoms with van der Waals surface area (Å²) in [5, 5.41) is 3.49. The maximum Gasteiger partial charge on any atom is 0.145 e.